The van der Waals surface area contributed by atoms with Crippen molar-refractivity contribution in [2.75, 3.05) is 24.5 Å². The molecule has 1 aliphatic heterocycles. The lowest BCUT2D eigenvalue weighted by Gasteiger charge is -2.40. The first-order chi connectivity index (χ1) is 13.9. The molecule has 0 aromatic carbocycles. The smallest absolute Gasteiger partial charge is 0.351 e. The van der Waals surface area contributed by atoms with Crippen LogP contribution in [0.2, 0.25) is 0 Å². The van der Waals surface area contributed by atoms with Crippen LogP contribution in [0, 0.1) is 0 Å². The van der Waals surface area contributed by atoms with E-state index >= 15 is 0 Å². The maximum atomic E-state index is 12.8. The Morgan fingerprint density at radius 1 is 1.14 bits per heavy atom. The second kappa shape index (κ2) is 7.82. The SMILES string of the molecule is CC1CN(Cc2cn[nH]c2-c2cccnc2)CCN1c1ccc(C(F)(F)F)cn1. The van der Waals surface area contributed by atoms with E-state index in [1.54, 1.807) is 12.4 Å². The summed E-state index contributed by atoms with van der Waals surface area (Å²) in [5, 5.41) is 7.23. The predicted octanol–water partition coefficient (Wildman–Crippen LogP) is 3.60. The minimum atomic E-state index is -4.37. The summed E-state index contributed by atoms with van der Waals surface area (Å²) in [5.74, 6) is 0.574. The third kappa shape index (κ3) is 4.24. The lowest BCUT2D eigenvalue weighted by Crippen LogP contribution is -2.51. The fourth-order valence-corrected chi connectivity index (χ4v) is 3.67. The first-order valence-electron chi connectivity index (χ1n) is 9.36. The molecule has 0 radical (unpaired) electrons. The minimum absolute atomic E-state index is 0.127. The van der Waals surface area contributed by atoms with Gasteiger partial charge in [-0.3, -0.25) is 15.0 Å². The maximum Gasteiger partial charge on any atom is 0.417 e. The Bertz CT molecular complexity index is 939. The van der Waals surface area contributed by atoms with Crippen molar-refractivity contribution < 1.29 is 13.2 Å². The Labute approximate surface area is 166 Å². The molecule has 29 heavy (non-hydrogen) atoms. The van der Waals surface area contributed by atoms with Crippen molar-refractivity contribution in [3.05, 3.63) is 60.2 Å². The molecule has 0 bridgehead atoms. The molecule has 4 heterocycles. The first-order valence-corrected chi connectivity index (χ1v) is 9.36. The largest absolute Gasteiger partial charge is 0.417 e. The normalized spacial score (nSPS) is 18.2. The van der Waals surface area contributed by atoms with Crippen LogP contribution in [-0.2, 0) is 12.7 Å². The number of aromatic nitrogens is 4. The molecule has 1 aliphatic rings. The number of piperazine rings is 1. The fraction of sp³-hybridized carbons (Fsp3) is 0.350. The highest BCUT2D eigenvalue weighted by Gasteiger charge is 2.31. The second-order valence-electron chi connectivity index (χ2n) is 7.19. The highest BCUT2D eigenvalue weighted by Crippen LogP contribution is 2.30. The van der Waals surface area contributed by atoms with Crippen LogP contribution < -0.4 is 4.90 Å². The van der Waals surface area contributed by atoms with Crippen molar-refractivity contribution in [2.45, 2.75) is 25.7 Å². The van der Waals surface area contributed by atoms with Crippen LogP contribution in [-0.4, -0.2) is 50.7 Å². The number of alkyl halides is 3. The van der Waals surface area contributed by atoms with Gasteiger partial charge < -0.3 is 4.90 Å². The van der Waals surface area contributed by atoms with Crippen molar-refractivity contribution in [3.63, 3.8) is 0 Å². The van der Waals surface area contributed by atoms with Gasteiger partial charge in [-0.1, -0.05) is 0 Å². The van der Waals surface area contributed by atoms with Gasteiger partial charge in [-0.2, -0.15) is 18.3 Å². The zero-order valence-corrected chi connectivity index (χ0v) is 15.9. The molecule has 3 aromatic rings. The average molecular weight is 402 g/mol. The lowest BCUT2D eigenvalue weighted by molar-refractivity contribution is -0.137. The van der Waals surface area contributed by atoms with Crippen LogP contribution >= 0.6 is 0 Å². The molecule has 152 valence electrons. The summed E-state index contributed by atoms with van der Waals surface area (Å²) >= 11 is 0. The van der Waals surface area contributed by atoms with E-state index in [2.05, 4.69) is 32.0 Å². The molecule has 0 aliphatic carbocycles. The van der Waals surface area contributed by atoms with Crippen molar-refractivity contribution in [1.82, 2.24) is 25.1 Å². The van der Waals surface area contributed by atoms with Gasteiger partial charge in [0.1, 0.15) is 5.82 Å². The van der Waals surface area contributed by atoms with Crippen molar-refractivity contribution in [1.29, 1.82) is 0 Å². The van der Waals surface area contributed by atoms with Crippen molar-refractivity contribution in [3.8, 4) is 11.3 Å². The number of hydrogen-bond acceptors (Lipinski definition) is 5. The zero-order valence-electron chi connectivity index (χ0n) is 15.9. The molecule has 1 unspecified atom stereocenters. The molecular weight excluding hydrogens is 381 g/mol. The summed E-state index contributed by atoms with van der Waals surface area (Å²) < 4.78 is 38.3. The van der Waals surface area contributed by atoms with Crippen molar-refractivity contribution in [2.24, 2.45) is 0 Å². The molecule has 0 amide bonds. The third-order valence-corrected chi connectivity index (χ3v) is 5.14. The number of aromatic amines is 1. The molecule has 0 saturated carbocycles. The quantitative estimate of drug-likeness (QED) is 0.723. The number of nitrogens with one attached hydrogen (secondary N) is 1. The fourth-order valence-electron chi connectivity index (χ4n) is 3.67. The zero-order chi connectivity index (χ0) is 20.4. The van der Waals surface area contributed by atoms with Gasteiger partial charge in [0.15, 0.2) is 0 Å². The number of H-pyrrole nitrogens is 1. The van der Waals surface area contributed by atoms with E-state index in [1.165, 1.54) is 6.07 Å². The molecule has 6 nitrogen and oxygen atoms in total. The van der Waals surface area contributed by atoms with Gasteiger partial charge in [-0.15, -0.1) is 0 Å². The predicted molar refractivity (Wildman–Crippen MR) is 103 cm³/mol. The molecule has 4 rings (SSSR count). The Balaban J connectivity index is 1.42. The highest BCUT2D eigenvalue weighted by atomic mass is 19.4. The maximum absolute atomic E-state index is 12.8. The molecule has 1 saturated heterocycles. The number of hydrogen-bond donors (Lipinski definition) is 1. The van der Waals surface area contributed by atoms with Crippen LogP contribution in [0.4, 0.5) is 19.0 Å². The summed E-state index contributed by atoms with van der Waals surface area (Å²) in [4.78, 5) is 12.6. The number of pyridine rings is 2. The van der Waals surface area contributed by atoms with Crippen LogP contribution in [0.25, 0.3) is 11.3 Å². The Hall–Kier alpha value is -2.94. The van der Waals surface area contributed by atoms with E-state index in [0.717, 1.165) is 48.7 Å². The van der Waals surface area contributed by atoms with Gasteiger partial charge in [0.2, 0.25) is 0 Å². The molecule has 3 aromatic heterocycles. The first kappa shape index (κ1) is 19.4. The van der Waals surface area contributed by atoms with Crippen LogP contribution in [0.15, 0.2) is 49.1 Å². The van der Waals surface area contributed by atoms with Gasteiger partial charge in [0, 0.05) is 61.9 Å². The minimum Gasteiger partial charge on any atom is -0.351 e. The number of halogens is 3. The van der Waals surface area contributed by atoms with E-state index in [1.807, 2.05) is 23.2 Å². The van der Waals surface area contributed by atoms with Crippen LogP contribution in [0.3, 0.4) is 0 Å². The van der Waals surface area contributed by atoms with E-state index in [0.29, 0.717) is 12.4 Å². The Morgan fingerprint density at radius 3 is 2.66 bits per heavy atom. The van der Waals surface area contributed by atoms with Gasteiger partial charge >= 0.3 is 6.18 Å². The number of nitrogens with zero attached hydrogens (tertiary/aromatic N) is 5. The topological polar surface area (TPSA) is 60.9 Å². The van der Waals surface area contributed by atoms with Crippen LogP contribution in [0.1, 0.15) is 18.1 Å². The van der Waals surface area contributed by atoms with E-state index in [-0.39, 0.29) is 6.04 Å². The summed E-state index contributed by atoms with van der Waals surface area (Å²) in [7, 11) is 0. The summed E-state index contributed by atoms with van der Waals surface area (Å²) in [6, 6.07) is 6.54. The lowest BCUT2D eigenvalue weighted by atomic mass is 10.1. The van der Waals surface area contributed by atoms with Gasteiger partial charge in [-0.05, 0) is 31.2 Å². The number of anilines is 1. The summed E-state index contributed by atoms with van der Waals surface area (Å²) in [6.45, 7) is 5.05. The molecule has 1 fully saturated rings. The van der Waals surface area contributed by atoms with E-state index in [4.69, 9.17) is 0 Å². The van der Waals surface area contributed by atoms with E-state index < -0.39 is 11.7 Å². The summed E-state index contributed by atoms with van der Waals surface area (Å²) in [5.41, 5.74) is 2.31. The second-order valence-corrected chi connectivity index (χ2v) is 7.19. The highest BCUT2D eigenvalue weighted by molar-refractivity contribution is 5.61. The molecule has 0 spiro atoms. The summed E-state index contributed by atoms with van der Waals surface area (Å²) in [6.07, 6.45) is 1.90. The monoisotopic (exact) mass is 402 g/mol. The van der Waals surface area contributed by atoms with Gasteiger partial charge in [0.25, 0.3) is 0 Å². The average Bonchev–Trinajstić information content (AvgIpc) is 3.16. The standard InChI is InChI=1S/C20H21F3N6/c1-14-12-28(13-16-10-26-27-19(16)15-3-2-6-24-9-15)7-8-29(14)18-5-4-17(11-25-18)20(21,22)23/h2-6,9-11,14H,7-8,12-13H2,1H3,(H,26,27). The molecular formula is C20H21F3N6. The third-order valence-electron chi connectivity index (χ3n) is 5.14. The Morgan fingerprint density at radius 2 is 2.00 bits per heavy atom. The van der Waals surface area contributed by atoms with E-state index in [9.17, 15) is 13.2 Å². The molecule has 1 N–H and O–H groups in total. The Kier molecular flexibility index (Phi) is 5.23. The van der Waals surface area contributed by atoms with Crippen molar-refractivity contribution >= 4 is 5.82 Å². The van der Waals surface area contributed by atoms with Crippen LogP contribution in [0.5, 0.6) is 0 Å². The molecule has 9 heteroatoms. The van der Waals surface area contributed by atoms with Gasteiger partial charge in [0.05, 0.1) is 17.5 Å². The van der Waals surface area contributed by atoms with Gasteiger partial charge in [-0.25, -0.2) is 4.98 Å². The number of rotatable bonds is 4. The molecule has 1 atom stereocenters.